The number of aromatic nitrogens is 1. The van der Waals surface area contributed by atoms with Crippen molar-refractivity contribution < 1.29 is 13.2 Å². The van der Waals surface area contributed by atoms with Gasteiger partial charge in [-0.15, -0.1) is 0 Å². The van der Waals surface area contributed by atoms with Gasteiger partial charge in [0, 0.05) is 61.6 Å². The lowest BCUT2D eigenvalue weighted by Crippen LogP contribution is -2.40. The molecule has 3 saturated heterocycles. The van der Waals surface area contributed by atoms with Crippen LogP contribution < -0.4 is 10.0 Å². The van der Waals surface area contributed by atoms with Crippen LogP contribution >= 0.6 is 15.9 Å². The van der Waals surface area contributed by atoms with E-state index in [1.54, 1.807) is 12.3 Å². The Morgan fingerprint density at radius 1 is 1.23 bits per heavy atom. The first-order valence-electron chi connectivity index (χ1n) is 11.4. The molecule has 3 aliphatic heterocycles. The molecular weight excluding hydrogens is 482 g/mol. The van der Waals surface area contributed by atoms with E-state index >= 15 is 0 Å². The predicted molar refractivity (Wildman–Crippen MR) is 125 cm³/mol. The molecule has 0 aliphatic carbocycles. The molecule has 0 saturated carbocycles. The van der Waals surface area contributed by atoms with Crippen molar-refractivity contribution in [1.82, 2.24) is 19.5 Å². The van der Waals surface area contributed by atoms with Crippen molar-refractivity contribution in [3.63, 3.8) is 0 Å². The lowest BCUT2D eigenvalue weighted by molar-refractivity contribution is 0.0421. The Labute approximate surface area is 194 Å². The number of likely N-dealkylation sites (tertiary alicyclic amines) is 2. The van der Waals surface area contributed by atoms with Gasteiger partial charge in [-0.25, -0.2) is 18.1 Å². The highest BCUT2D eigenvalue weighted by atomic mass is 79.9. The molecule has 1 aromatic heterocycles. The summed E-state index contributed by atoms with van der Waals surface area (Å²) in [5, 5.41) is 3.43. The monoisotopic (exact) mass is 515 g/mol. The Morgan fingerprint density at radius 3 is 2.81 bits per heavy atom. The molecule has 1 aromatic rings. The van der Waals surface area contributed by atoms with E-state index in [2.05, 4.69) is 47.7 Å². The maximum absolute atomic E-state index is 13.2. The van der Waals surface area contributed by atoms with Crippen LogP contribution in [0.3, 0.4) is 0 Å². The molecule has 4 rings (SSSR count). The Hall–Kier alpha value is -0.780. The molecule has 0 amide bonds. The molecular formula is C21H34BrN5O3S. The van der Waals surface area contributed by atoms with Gasteiger partial charge in [-0.2, -0.15) is 0 Å². The number of anilines is 1. The molecule has 4 heterocycles. The lowest BCUT2D eigenvalue weighted by atomic mass is 10.1. The highest BCUT2D eigenvalue weighted by Gasteiger charge is 2.31. The maximum atomic E-state index is 13.2. The number of pyridine rings is 1. The maximum Gasteiger partial charge on any atom is 0.244 e. The van der Waals surface area contributed by atoms with Crippen molar-refractivity contribution in [2.75, 3.05) is 51.3 Å². The number of sulfonamides is 1. The number of hydrogen-bond acceptors (Lipinski definition) is 7. The second kappa shape index (κ2) is 10.4. The summed E-state index contributed by atoms with van der Waals surface area (Å²) in [6, 6.07) is 2.67. The Bertz CT molecular complexity index is 849. The fourth-order valence-corrected chi connectivity index (χ4v) is 6.74. The topological polar surface area (TPSA) is 86.8 Å². The molecule has 0 bridgehead atoms. The van der Waals surface area contributed by atoms with Gasteiger partial charge in [-0.3, -0.25) is 9.80 Å². The third-order valence-corrected chi connectivity index (χ3v) is 8.66. The van der Waals surface area contributed by atoms with E-state index in [-0.39, 0.29) is 17.0 Å². The minimum absolute atomic E-state index is 0.191. The van der Waals surface area contributed by atoms with E-state index in [1.165, 1.54) is 0 Å². The first-order chi connectivity index (χ1) is 15.0. The van der Waals surface area contributed by atoms with Gasteiger partial charge in [0.25, 0.3) is 0 Å². The third-order valence-electron chi connectivity index (χ3n) is 6.79. The van der Waals surface area contributed by atoms with Crippen LogP contribution in [0.1, 0.15) is 39.0 Å². The molecule has 3 aliphatic rings. The number of halogens is 1. The Morgan fingerprint density at radius 2 is 2.03 bits per heavy atom. The molecule has 174 valence electrons. The zero-order chi connectivity index (χ0) is 21.8. The molecule has 2 atom stereocenters. The molecule has 2 unspecified atom stereocenters. The van der Waals surface area contributed by atoms with Gasteiger partial charge >= 0.3 is 0 Å². The summed E-state index contributed by atoms with van der Waals surface area (Å²) in [5.41, 5.74) is 0. The van der Waals surface area contributed by atoms with E-state index in [0.717, 1.165) is 71.5 Å². The minimum Gasteiger partial charge on any atom is -0.381 e. The van der Waals surface area contributed by atoms with Crippen molar-refractivity contribution in [3.05, 3.63) is 16.7 Å². The summed E-state index contributed by atoms with van der Waals surface area (Å²) >= 11 is 3.39. The zero-order valence-electron chi connectivity index (χ0n) is 18.2. The number of nitrogens with zero attached hydrogens (tertiary/aromatic N) is 3. The predicted octanol–water partition coefficient (Wildman–Crippen LogP) is 2.27. The average Bonchev–Trinajstić information content (AvgIpc) is 3.43. The van der Waals surface area contributed by atoms with Crippen LogP contribution in [0.5, 0.6) is 0 Å². The highest BCUT2D eigenvalue weighted by Crippen LogP contribution is 2.27. The van der Waals surface area contributed by atoms with Crippen LogP contribution in [0.4, 0.5) is 5.82 Å². The molecule has 0 radical (unpaired) electrons. The van der Waals surface area contributed by atoms with E-state index in [0.29, 0.717) is 22.9 Å². The quantitative estimate of drug-likeness (QED) is 0.548. The molecule has 2 N–H and O–H groups in total. The average molecular weight is 517 g/mol. The van der Waals surface area contributed by atoms with Crippen LogP contribution in [-0.4, -0.2) is 87.3 Å². The van der Waals surface area contributed by atoms with Crippen LogP contribution in [0.2, 0.25) is 0 Å². The normalized spacial score (nSPS) is 26.5. The Kier molecular flexibility index (Phi) is 7.87. The number of ether oxygens (including phenoxy) is 1. The SMILES string of the molecule is CCN1CCCC1CNS(=O)(=O)c1cc(Br)cnc1NC1CCN(C2CCOCC2)C1. The van der Waals surface area contributed by atoms with E-state index < -0.39 is 10.0 Å². The van der Waals surface area contributed by atoms with Crippen molar-refractivity contribution in [1.29, 1.82) is 0 Å². The van der Waals surface area contributed by atoms with Crippen molar-refractivity contribution in [2.45, 2.75) is 62.0 Å². The standard InChI is InChI=1S/C21H34BrN5O3S/c1-2-26-8-3-4-19(26)14-24-31(28,29)20-12-16(22)13-23-21(20)25-17-5-9-27(15-17)18-6-10-30-11-7-18/h12-13,17-19,24H,2-11,14-15H2,1H3,(H,23,25). The van der Waals surface area contributed by atoms with Gasteiger partial charge in [0.1, 0.15) is 10.7 Å². The largest absolute Gasteiger partial charge is 0.381 e. The van der Waals surface area contributed by atoms with Crippen LogP contribution in [0, 0.1) is 0 Å². The molecule has 8 nitrogen and oxygen atoms in total. The van der Waals surface area contributed by atoms with E-state index in [9.17, 15) is 8.42 Å². The first kappa shape index (κ1) is 23.4. The zero-order valence-corrected chi connectivity index (χ0v) is 20.6. The number of likely N-dealkylation sites (N-methyl/N-ethyl adjacent to an activating group) is 1. The fourth-order valence-electron chi connectivity index (χ4n) is 5.04. The van der Waals surface area contributed by atoms with Gasteiger partial charge in [-0.1, -0.05) is 6.92 Å². The van der Waals surface area contributed by atoms with Crippen molar-refractivity contribution >= 4 is 31.8 Å². The van der Waals surface area contributed by atoms with Crippen LogP contribution in [0.25, 0.3) is 0 Å². The van der Waals surface area contributed by atoms with Crippen molar-refractivity contribution in [2.24, 2.45) is 0 Å². The van der Waals surface area contributed by atoms with Gasteiger partial charge < -0.3 is 10.1 Å². The van der Waals surface area contributed by atoms with Gasteiger partial charge in [0.15, 0.2) is 0 Å². The van der Waals surface area contributed by atoms with E-state index in [4.69, 9.17) is 4.74 Å². The minimum atomic E-state index is -3.67. The summed E-state index contributed by atoms with van der Waals surface area (Å²) in [7, 11) is -3.67. The first-order valence-corrected chi connectivity index (χ1v) is 13.7. The van der Waals surface area contributed by atoms with Gasteiger partial charge in [0.05, 0.1) is 0 Å². The smallest absolute Gasteiger partial charge is 0.244 e. The summed E-state index contributed by atoms with van der Waals surface area (Å²) in [6.45, 7) is 8.14. The number of hydrogen-bond donors (Lipinski definition) is 2. The molecule has 10 heteroatoms. The summed E-state index contributed by atoms with van der Waals surface area (Å²) in [4.78, 5) is 9.49. The van der Waals surface area contributed by atoms with Crippen molar-refractivity contribution in [3.8, 4) is 0 Å². The Balaban J connectivity index is 1.42. The summed E-state index contributed by atoms with van der Waals surface area (Å²) in [6.07, 6.45) is 6.93. The third kappa shape index (κ3) is 5.78. The van der Waals surface area contributed by atoms with Gasteiger partial charge in [-0.05, 0) is 67.2 Å². The number of nitrogens with one attached hydrogen (secondary N) is 2. The van der Waals surface area contributed by atoms with Crippen LogP contribution in [-0.2, 0) is 14.8 Å². The number of rotatable bonds is 8. The van der Waals surface area contributed by atoms with E-state index in [1.807, 2.05) is 0 Å². The molecule has 3 fully saturated rings. The molecule has 0 spiro atoms. The molecule has 0 aromatic carbocycles. The molecule has 31 heavy (non-hydrogen) atoms. The second-order valence-electron chi connectivity index (χ2n) is 8.75. The van der Waals surface area contributed by atoms with Crippen LogP contribution in [0.15, 0.2) is 21.6 Å². The highest BCUT2D eigenvalue weighted by molar-refractivity contribution is 9.10. The summed E-state index contributed by atoms with van der Waals surface area (Å²) < 4.78 is 35.4. The fraction of sp³-hybridized carbons (Fsp3) is 0.762. The second-order valence-corrected chi connectivity index (χ2v) is 11.4. The lowest BCUT2D eigenvalue weighted by Gasteiger charge is -2.31. The van der Waals surface area contributed by atoms with Gasteiger partial charge in [0.2, 0.25) is 10.0 Å². The summed E-state index contributed by atoms with van der Waals surface area (Å²) in [5.74, 6) is 0.438.